The minimum atomic E-state index is 0.164. The lowest BCUT2D eigenvalue weighted by Gasteiger charge is -2.30. The number of aromatic amines is 1. The van der Waals surface area contributed by atoms with Crippen LogP contribution in [0.25, 0.3) is 0 Å². The zero-order valence-electron chi connectivity index (χ0n) is 9.17. The van der Waals surface area contributed by atoms with E-state index in [1.807, 2.05) is 6.20 Å². The first-order chi connectivity index (χ1) is 6.47. The molecule has 1 aliphatic rings. The smallest absolute Gasteiger partial charge is 0.109 e. The molecule has 0 aromatic carbocycles. The van der Waals surface area contributed by atoms with Crippen LogP contribution < -0.4 is 5.73 Å². The van der Waals surface area contributed by atoms with Crippen LogP contribution in [0, 0.1) is 0 Å². The summed E-state index contributed by atoms with van der Waals surface area (Å²) in [7, 11) is 0. The average molecular weight is 193 g/mol. The second-order valence-electron chi connectivity index (χ2n) is 5.36. The normalized spacial score (nSPS) is 27.4. The van der Waals surface area contributed by atoms with E-state index in [9.17, 15) is 0 Å². The second-order valence-corrected chi connectivity index (χ2v) is 5.36. The van der Waals surface area contributed by atoms with E-state index in [0.717, 1.165) is 18.7 Å². The van der Waals surface area contributed by atoms with Crippen LogP contribution in [0.4, 0.5) is 0 Å². The zero-order valence-corrected chi connectivity index (χ0v) is 9.17. The number of rotatable bonds is 1. The fourth-order valence-electron chi connectivity index (χ4n) is 1.81. The van der Waals surface area contributed by atoms with Crippen molar-refractivity contribution < 1.29 is 0 Å². The van der Waals surface area contributed by atoms with Gasteiger partial charge in [0.05, 0.1) is 0 Å². The zero-order chi connectivity index (χ0) is 10.3. The topological polar surface area (TPSA) is 54.7 Å². The monoisotopic (exact) mass is 193 g/mol. The molecular formula is C11H19N3. The number of aromatic nitrogens is 2. The Kier molecular flexibility index (Phi) is 2.14. The molecule has 0 unspecified atom stereocenters. The summed E-state index contributed by atoms with van der Waals surface area (Å²) in [5, 5.41) is 0. The Morgan fingerprint density at radius 1 is 1.43 bits per heavy atom. The molecule has 1 saturated carbocycles. The maximum absolute atomic E-state index is 5.76. The fourth-order valence-corrected chi connectivity index (χ4v) is 1.81. The Balaban J connectivity index is 2.11. The lowest BCUT2D eigenvalue weighted by Crippen LogP contribution is -2.35. The van der Waals surface area contributed by atoms with E-state index in [2.05, 4.69) is 30.7 Å². The van der Waals surface area contributed by atoms with Gasteiger partial charge >= 0.3 is 0 Å². The SMILES string of the molecule is CC(C)(C)c1cnc(C2CC(N)C2)[nH]1. The van der Waals surface area contributed by atoms with Crippen molar-refractivity contribution in [1.82, 2.24) is 9.97 Å². The number of nitrogens with one attached hydrogen (secondary N) is 1. The number of nitrogens with two attached hydrogens (primary N) is 1. The van der Waals surface area contributed by atoms with Crippen molar-refractivity contribution in [3.05, 3.63) is 17.7 Å². The van der Waals surface area contributed by atoms with E-state index < -0.39 is 0 Å². The van der Waals surface area contributed by atoms with Crippen LogP contribution >= 0.6 is 0 Å². The van der Waals surface area contributed by atoms with Crippen LogP contribution in [0.5, 0.6) is 0 Å². The third-order valence-electron chi connectivity index (χ3n) is 2.96. The molecule has 1 heterocycles. The predicted molar refractivity (Wildman–Crippen MR) is 57.2 cm³/mol. The average Bonchev–Trinajstić information content (AvgIpc) is 2.45. The van der Waals surface area contributed by atoms with Crippen molar-refractivity contribution in [2.24, 2.45) is 5.73 Å². The molecule has 0 saturated heterocycles. The maximum atomic E-state index is 5.76. The molecule has 1 aliphatic carbocycles. The summed E-state index contributed by atoms with van der Waals surface area (Å²) in [4.78, 5) is 7.84. The van der Waals surface area contributed by atoms with Gasteiger partial charge in [-0.25, -0.2) is 4.98 Å². The molecule has 1 fully saturated rings. The third-order valence-corrected chi connectivity index (χ3v) is 2.96. The Labute approximate surface area is 85.1 Å². The highest BCUT2D eigenvalue weighted by Gasteiger charge is 2.30. The number of nitrogens with zero attached hydrogens (tertiary/aromatic N) is 1. The summed E-state index contributed by atoms with van der Waals surface area (Å²) in [5.41, 5.74) is 7.14. The lowest BCUT2D eigenvalue weighted by atomic mass is 9.80. The highest BCUT2D eigenvalue weighted by atomic mass is 14.9. The van der Waals surface area contributed by atoms with E-state index in [4.69, 9.17) is 5.73 Å². The van der Waals surface area contributed by atoms with E-state index in [1.165, 1.54) is 5.69 Å². The molecule has 2 rings (SSSR count). The molecule has 1 aromatic rings. The minimum Gasteiger partial charge on any atom is -0.345 e. The quantitative estimate of drug-likeness (QED) is 0.716. The molecule has 3 N–H and O–H groups in total. The van der Waals surface area contributed by atoms with Crippen molar-refractivity contribution in [3.63, 3.8) is 0 Å². The van der Waals surface area contributed by atoms with Gasteiger partial charge in [-0.1, -0.05) is 20.8 Å². The van der Waals surface area contributed by atoms with Crippen molar-refractivity contribution in [2.75, 3.05) is 0 Å². The van der Waals surface area contributed by atoms with Gasteiger partial charge in [-0.2, -0.15) is 0 Å². The molecule has 0 radical (unpaired) electrons. The van der Waals surface area contributed by atoms with Crippen molar-refractivity contribution >= 4 is 0 Å². The van der Waals surface area contributed by atoms with E-state index >= 15 is 0 Å². The van der Waals surface area contributed by atoms with Crippen LogP contribution in [-0.4, -0.2) is 16.0 Å². The van der Waals surface area contributed by atoms with Gasteiger partial charge in [0, 0.05) is 29.3 Å². The van der Waals surface area contributed by atoms with Gasteiger partial charge < -0.3 is 10.7 Å². The van der Waals surface area contributed by atoms with Crippen LogP contribution in [0.15, 0.2) is 6.20 Å². The number of imidazole rings is 1. The summed E-state index contributed by atoms with van der Waals surface area (Å²) >= 11 is 0. The number of hydrogen-bond acceptors (Lipinski definition) is 2. The molecule has 0 atom stereocenters. The van der Waals surface area contributed by atoms with Gasteiger partial charge in [-0.15, -0.1) is 0 Å². The third kappa shape index (κ3) is 1.69. The van der Waals surface area contributed by atoms with E-state index in [-0.39, 0.29) is 5.41 Å². The van der Waals surface area contributed by atoms with Gasteiger partial charge in [0.2, 0.25) is 0 Å². The largest absolute Gasteiger partial charge is 0.345 e. The van der Waals surface area contributed by atoms with Gasteiger partial charge in [-0.3, -0.25) is 0 Å². The van der Waals surface area contributed by atoms with Crippen molar-refractivity contribution in [2.45, 2.75) is 51.0 Å². The van der Waals surface area contributed by atoms with Gasteiger partial charge in [0.15, 0.2) is 0 Å². The Hall–Kier alpha value is -0.830. The van der Waals surface area contributed by atoms with Gasteiger partial charge in [-0.05, 0) is 12.8 Å². The first-order valence-corrected chi connectivity index (χ1v) is 5.28. The number of hydrogen-bond donors (Lipinski definition) is 2. The highest BCUT2D eigenvalue weighted by Crippen LogP contribution is 2.34. The molecule has 3 heteroatoms. The first kappa shape index (κ1) is 9.71. The molecule has 14 heavy (non-hydrogen) atoms. The lowest BCUT2D eigenvalue weighted by molar-refractivity contribution is 0.339. The second kappa shape index (κ2) is 3.09. The minimum absolute atomic E-state index is 0.164. The number of H-pyrrole nitrogens is 1. The van der Waals surface area contributed by atoms with Gasteiger partial charge in [0.1, 0.15) is 5.82 Å². The summed E-state index contributed by atoms with van der Waals surface area (Å²) in [6.07, 6.45) is 4.12. The Morgan fingerprint density at radius 2 is 2.07 bits per heavy atom. The highest BCUT2D eigenvalue weighted by molar-refractivity contribution is 5.15. The van der Waals surface area contributed by atoms with Crippen LogP contribution in [0.1, 0.15) is 51.0 Å². The molecule has 0 spiro atoms. The summed E-state index contributed by atoms with van der Waals surface area (Å²) in [5.74, 6) is 1.69. The Bertz CT molecular complexity index is 316. The van der Waals surface area contributed by atoms with E-state index in [1.54, 1.807) is 0 Å². The molecule has 0 amide bonds. The van der Waals surface area contributed by atoms with Gasteiger partial charge in [0.25, 0.3) is 0 Å². The fraction of sp³-hybridized carbons (Fsp3) is 0.727. The standard InChI is InChI=1S/C11H19N3/c1-11(2,3)9-6-13-10(14-9)7-4-8(12)5-7/h6-8H,4-5,12H2,1-3H3,(H,13,14). The molecule has 3 nitrogen and oxygen atoms in total. The maximum Gasteiger partial charge on any atom is 0.109 e. The molecular weight excluding hydrogens is 174 g/mol. The van der Waals surface area contributed by atoms with Crippen molar-refractivity contribution in [1.29, 1.82) is 0 Å². The first-order valence-electron chi connectivity index (χ1n) is 5.28. The summed E-state index contributed by atoms with van der Waals surface area (Å²) < 4.78 is 0. The van der Waals surface area contributed by atoms with Crippen molar-refractivity contribution in [3.8, 4) is 0 Å². The molecule has 78 valence electrons. The van der Waals surface area contributed by atoms with Crippen LogP contribution in [-0.2, 0) is 5.41 Å². The molecule has 0 aliphatic heterocycles. The molecule has 1 aromatic heterocycles. The summed E-state index contributed by atoms with van der Waals surface area (Å²) in [6, 6.07) is 0.392. The predicted octanol–water partition coefficient (Wildman–Crippen LogP) is 1.91. The Morgan fingerprint density at radius 3 is 2.50 bits per heavy atom. The van der Waals surface area contributed by atoms with Crippen LogP contribution in [0.3, 0.4) is 0 Å². The van der Waals surface area contributed by atoms with E-state index in [0.29, 0.717) is 12.0 Å². The summed E-state index contributed by atoms with van der Waals surface area (Å²) in [6.45, 7) is 6.57. The molecule has 0 bridgehead atoms. The van der Waals surface area contributed by atoms with Crippen LogP contribution in [0.2, 0.25) is 0 Å².